The number of nitrogen functional groups attached to an aromatic ring is 1. The number of methoxy groups -OCH3 is 1. The number of rotatable bonds is 8. The van der Waals surface area contributed by atoms with Gasteiger partial charge in [-0.2, -0.15) is 5.10 Å². The smallest absolute Gasteiger partial charge is 0.273 e. The Morgan fingerprint density at radius 3 is 2.53 bits per heavy atom. The zero-order valence-corrected chi connectivity index (χ0v) is 19.7. The number of aromatic nitrogens is 4. The second-order valence-electron chi connectivity index (χ2n) is 7.16. The quantitative estimate of drug-likeness (QED) is 0.439. The minimum atomic E-state index is -2.52. The van der Waals surface area contributed by atoms with Crippen molar-refractivity contribution >= 4 is 35.7 Å². The molecule has 2 aromatic heterocycles. The largest absolute Gasteiger partial charge is 0.494 e. The highest BCUT2D eigenvalue weighted by molar-refractivity contribution is 7.71. The van der Waals surface area contributed by atoms with Gasteiger partial charge in [0.1, 0.15) is 13.0 Å². The van der Waals surface area contributed by atoms with E-state index < -0.39 is 13.0 Å². The van der Waals surface area contributed by atoms with Crippen LogP contribution in [-0.2, 0) is 11.6 Å². The van der Waals surface area contributed by atoms with E-state index in [-0.39, 0.29) is 11.5 Å². The van der Waals surface area contributed by atoms with Gasteiger partial charge < -0.3 is 25.7 Å². The molecule has 1 aromatic carbocycles. The molecule has 0 saturated carbocycles. The number of anilines is 3. The number of nitrogens with one attached hydrogen (secondary N) is 2. The van der Waals surface area contributed by atoms with Gasteiger partial charge in [0.05, 0.1) is 29.6 Å². The number of hydrogen-bond donors (Lipinski definition) is 3. The molecule has 0 spiro atoms. The van der Waals surface area contributed by atoms with E-state index in [0.717, 1.165) is 11.0 Å². The van der Waals surface area contributed by atoms with Gasteiger partial charge in [-0.1, -0.05) is 19.9 Å². The predicted octanol–water partition coefficient (Wildman–Crippen LogP) is 2.60. The fourth-order valence-corrected chi connectivity index (χ4v) is 5.53. The first-order chi connectivity index (χ1) is 15.3. The second-order valence-corrected chi connectivity index (χ2v) is 10.7. The van der Waals surface area contributed by atoms with Crippen LogP contribution in [0.5, 0.6) is 5.75 Å². The summed E-state index contributed by atoms with van der Waals surface area (Å²) in [7, 11) is 2.34. The van der Waals surface area contributed by atoms with Crippen molar-refractivity contribution < 1.29 is 14.1 Å². The highest BCUT2D eigenvalue weighted by Gasteiger charge is 2.26. The Balaban J connectivity index is 2.09. The van der Waals surface area contributed by atoms with E-state index in [0.29, 0.717) is 35.1 Å². The Kier molecular flexibility index (Phi) is 6.84. The van der Waals surface area contributed by atoms with E-state index in [1.807, 2.05) is 32.0 Å². The number of benzene rings is 1. The van der Waals surface area contributed by atoms with Crippen molar-refractivity contribution in [1.29, 1.82) is 0 Å². The van der Waals surface area contributed by atoms with Crippen LogP contribution in [0, 0.1) is 0 Å². The first-order valence-electron chi connectivity index (χ1n) is 10.2. The van der Waals surface area contributed by atoms with Crippen LogP contribution in [-0.4, -0.2) is 52.4 Å². The van der Waals surface area contributed by atoms with Crippen molar-refractivity contribution in [3.05, 3.63) is 36.0 Å². The molecule has 10 nitrogen and oxygen atoms in total. The summed E-state index contributed by atoms with van der Waals surface area (Å²) in [4.78, 5) is 12.2. The van der Waals surface area contributed by atoms with E-state index >= 15 is 0 Å². The number of ether oxygens (including phenoxy) is 1. The predicted molar refractivity (Wildman–Crippen MR) is 127 cm³/mol. The van der Waals surface area contributed by atoms with Gasteiger partial charge in [0.2, 0.25) is 0 Å². The summed E-state index contributed by atoms with van der Waals surface area (Å²) in [5, 5.41) is 18.0. The van der Waals surface area contributed by atoms with E-state index in [1.54, 1.807) is 24.9 Å². The molecule has 4 N–H and O–H groups in total. The van der Waals surface area contributed by atoms with Crippen molar-refractivity contribution in [2.45, 2.75) is 13.8 Å². The number of aryl methyl sites for hydroxylation is 1. The highest BCUT2D eigenvalue weighted by atomic mass is 31.2. The second kappa shape index (κ2) is 9.40. The molecule has 11 heteroatoms. The maximum Gasteiger partial charge on any atom is 0.273 e. The maximum atomic E-state index is 13.3. The Hall–Kier alpha value is -3.39. The van der Waals surface area contributed by atoms with Crippen LogP contribution in [0.1, 0.15) is 24.3 Å². The molecule has 2 heterocycles. The van der Waals surface area contributed by atoms with Crippen molar-refractivity contribution in [2.75, 3.05) is 37.5 Å². The zero-order chi connectivity index (χ0) is 23.5. The monoisotopic (exact) mass is 457 g/mol. The van der Waals surface area contributed by atoms with Crippen LogP contribution >= 0.6 is 7.14 Å². The van der Waals surface area contributed by atoms with Crippen LogP contribution in [0.25, 0.3) is 11.3 Å². The standard InChI is InChI=1S/C21H28N7O3P/c1-6-32(30,7-2)18-12-15(27-28(18)4)13-9-8-10-14(20(13)31-5)24-16-11-17(22)25-26-19(16)21(29)23-3/h8-12H,6-7H2,1-5H3,(H,23,29)(H3,22,24,25). The third-order valence-electron chi connectivity index (χ3n) is 5.31. The number of nitrogens with two attached hydrogens (primary N) is 1. The number of carbonyl (C=O) groups is 1. The van der Waals surface area contributed by atoms with Crippen molar-refractivity contribution in [2.24, 2.45) is 7.05 Å². The van der Waals surface area contributed by atoms with Gasteiger partial charge >= 0.3 is 0 Å². The summed E-state index contributed by atoms with van der Waals surface area (Å²) in [6, 6.07) is 8.90. The topological polar surface area (TPSA) is 137 Å². The number of carbonyl (C=O) groups excluding carboxylic acids is 1. The minimum Gasteiger partial charge on any atom is -0.494 e. The van der Waals surface area contributed by atoms with Gasteiger partial charge in [-0.05, 0) is 18.2 Å². The average molecular weight is 457 g/mol. The first kappa shape index (κ1) is 23.3. The average Bonchev–Trinajstić information content (AvgIpc) is 3.20. The lowest BCUT2D eigenvalue weighted by Crippen LogP contribution is -2.21. The molecule has 0 aliphatic rings. The lowest BCUT2D eigenvalue weighted by Gasteiger charge is -2.15. The molecule has 0 bridgehead atoms. The molecular formula is C21H28N7O3P. The lowest BCUT2D eigenvalue weighted by atomic mass is 10.1. The molecule has 0 saturated heterocycles. The molecule has 0 atom stereocenters. The highest BCUT2D eigenvalue weighted by Crippen LogP contribution is 2.45. The Morgan fingerprint density at radius 1 is 1.19 bits per heavy atom. The summed E-state index contributed by atoms with van der Waals surface area (Å²) in [6.45, 7) is 3.86. The molecule has 3 rings (SSSR count). The molecule has 1 amide bonds. The van der Waals surface area contributed by atoms with Crippen molar-refractivity contribution in [3.8, 4) is 17.0 Å². The summed E-state index contributed by atoms with van der Waals surface area (Å²) in [6.07, 6.45) is 1.14. The fourth-order valence-electron chi connectivity index (χ4n) is 3.51. The van der Waals surface area contributed by atoms with Crippen LogP contribution in [0.3, 0.4) is 0 Å². The van der Waals surface area contributed by atoms with E-state index in [9.17, 15) is 9.36 Å². The molecule has 0 unspecified atom stereocenters. The molecule has 32 heavy (non-hydrogen) atoms. The Bertz CT molecular complexity index is 1180. The SMILES string of the molecule is CCP(=O)(CC)c1cc(-c2cccc(Nc3cc(N)nnc3C(=O)NC)c2OC)nn1C. The first-order valence-corrected chi connectivity index (χ1v) is 12.3. The van der Waals surface area contributed by atoms with Crippen molar-refractivity contribution in [1.82, 2.24) is 25.3 Å². The minimum absolute atomic E-state index is 0.0982. The van der Waals surface area contributed by atoms with Gasteiger partial charge in [0.15, 0.2) is 11.4 Å². The maximum absolute atomic E-state index is 13.3. The van der Waals surface area contributed by atoms with E-state index in [2.05, 4.69) is 25.9 Å². The number of nitrogens with zero attached hydrogens (tertiary/aromatic N) is 4. The summed E-state index contributed by atoms with van der Waals surface area (Å²) < 4.78 is 20.7. The molecule has 170 valence electrons. The van der Waals surface area contributed by atoms with Crippen LogP contribution < -0.4 is 26.5 Å². The Labute approximate surface area is 186 Å². The molecule has 0 fully saturated rings. The molecular weight excluding hydrogens is 429 g/mol. The molecule has 0 radical (unpaired) electrons. The summed E-state index contributed by atoms with van der Waals surface area (Å²) in [5.41, 5.74) is 8.94. The third-order valence-corrected chi connectivity index (χ3v) is 8.61. The van der Waals surface area contributed by atoms with Crippen molar-refractivity contribution in [3.63, 3.8) is 0 Å². The van der Waals surface area contributed by atoms with Gasteiger partial charge in [-0.3, -0.25) is 9.48 Å². The van der Waals surface area contributed by atoms with Gasteiger partial charge in [-0.25, -0.2) is 0 Å². The Morgan fingerprint density at radius 2 is 1.91 bits per heavy atom. The van der Waals surface area contributed by atoms with E-state index in [1.165, 1.54) is 13.1 Å². The van der Waals surface area contributed by atoms with Gasteiger partial charge in [0.25, 0.3) is 5.91 Å². The molecule has 3 aromatic rings. The molecule has 0 aliphatic carbocycles. The van der Waals surface area contributed by atoms with Gasteiger partial charge in [0, 0.05) is 38.0 Å². The van der Waals surface area contributed by atoms with Gasteiger partial charge in [-0.15, -0.1) is 10.2 Å². The summed E-state index contributed by atoms with van der Waals surface area (Å²) >= 11 is 0. The van der Waals surface area contributed by atoms with Crippen LogP contribution in [0.15, 0.2) is 30.3 Å². The third kappa shape index (κ3) is 4.31. The lowest BCUT2D eigenvalue weighted by molar-refractivity contribution is 0.0958. The number of hydrogen-bond acceptors (Lipinski definition) is 8. The summed E-state index contributed by atoms with van der Waals surface area (Å²) in [5.74, 6) is 0.275. The van der Waals surface area contributed by atoms with E-state index in [4.69, 9.17) is 10.5 Å². The number of amides is 1. The van der Waals surface area contributed by atoms with Crippen LogP contribution in [0.2, 0.25) is 0 Å². The molecule has 0 aliphatic heterocycles. The van der Waals surface area contributed by atoms with Crippen LogP contribution in [0.4, 0.5) is 17.2 Å². The number of para-hydroxylation sites is 1. The fraction of sp³-hybridized carbons (Fsp3) is 0.333. The normalized spacial score (nSPS) is 11.3. The zero-order valence-electron chi connectivity index (χ0n) is 18.8.